The van der Waals surface area contributed by atoms with Crippen molar-refractivity contribution in [1.29, 1.82) is 0 Å². The number of likely N-dealkylation sites (N-methyl/N-ethyl adjacent to an activating group) is 2. The summed E-state index contributed by atoms with van der Waals surface area (Å²) in [6, 6.07) is 7.79. The Labute approximate surface area is 156 Å². The van der Waals surface area contributed by atoms with Crippen LogP contribution in [-0.2, 0) is 0 Å². The van der Waals surface area contributed by atoms with Crippen LogP contribution in [0.2, 0.25) is 0 Å². The van der Waals surface area contributed by atoms with Crippen molar-refractivity contribution in [3.8, 4) is 11.3 Å². The highest BCUT2D eigenvalue weighted by atomic mass is 19.1. The maximum absolute atomic E-state index is 13.3. The topological polar surface area (TPSA) is 71.3 Å². The molecule has 0 bridgehead atoms. The summed E-state index contributed by atoms with van der Waals surface area (Å²) < 4.78 is 18.7. The molecule has 3 aromatic rings. The van der Waals surface area contributed by atoms with Crippen LogP contribution in [0.4, 0.5) is 4.39 Å². The Morgan fingerprint density at radius 2 is 2.07 bits per heavy atom. The van der Waals surface area contributed by atoms with Gasteiger partial charge in [-0.1, -0.05) is 5.16 Å². The van der Waals surface area contributed by atoms with Crippen LogP contribution in [0.3, 0.4) is 0 Å². The fourth-order valence-corrected chi connectivity index (χ4v) is 3.13. The summed E-state index contributed by atoms with van der Waals surface area (Å²) >= 11 is 0. The largest absolute Gasteiger partial charge is 0.340 e. The Bertz CT molecular complexity index is 980. The summed E-state index contributed by atoms with van der Waals surface area (Å²) in [6.07, 6.45) is 2.09. The molecule has 0 unspecified atom stereocenters. The highest BCUT2D eigenvalue weighted by molar-refractivity contribution is 6.07. The summed E-state index contributed by atoms with van der Waals surface area (Å²) in [5.41, 5.74) is 2.97. The van der Waals surface area contributed by atoms with E-state index in [0.717, 1.165) is 24.1 Å². The third-order valence-electron chi connectivity index (χ3n) is 4.85. The smallest absolute Gasteiger partial charge is 0.259 e. The van der Waals surface area contributed by atoms with Gasteiger partial charge in [-0.3, -0.25) is 4.79 Å². The zero-order valence-electron chi connectivity index (χ0n) is 15.3. The first-order chi connectivity index (χ1) is 13.1. The second-order valence-electron chi connectivity index (χ2n) is 6.91. The van der Waals surface area contributed by atoms with Gasteiger partial charge in [-0.2, -0.15) is 0 Å². The van der Waals surface area contributed by atoms with Crippen LogP contribution in [0.1, 0.15) is 34.8 Å². The Morgan fingerprint density at radius 3 is 2.74 bits per heavy atom. The van der Waals surface area contributed by atoms with E-state index in [1.165, 1.54) is 12.1 Å². The number of hydrogen-bond acceptors (Lipinski definition) is 5. The molecule has 0 spiro atoms. The lowest BCUT2D eigenvalue weighted by Crippen LogP contribution is -2.33. The SMILES string of the molecule is CNCCN(C)C(=O)c1cc(-c2ccc(F)cc2)nc2onc(C3CC3)c12. The van der Waals surface area contributed by atoms with Crippen molar-refractivity contribution in [2.75, 3.05) is 27.2 Å². The molecule has 1 aliphatic carbocycles. The molecule has 4 rings (SSSR count). The molecule has 1 aliphatic rings. The van der Waals surface area contributed by atoms with Gasteiger partial charge in [-0.25, -0.2) is 9.37 Å². The van der Waals surface area contributed by atoms with E-state index in [-0.39, 0.29) is 11.7 Å². The molecule has 0 aliphatic heterocycles. The molecule has 6 nitrogen and oxygen atoms in total. The summed E-state index contributed by atoms with van der Waals surface area (Å²) in [4.78, 5) is 19.3. The molecule has 140 valence electrons. The van der Waals surface area contributed by atoms with Crippen molar-refractivity contribution in [3.05, 3.63) is 47.4 Å². The average Bonchev–Trinajstić information content (AvgIpc) is 3.44. The van der Waals surface area contributed by atoms with Crippen molar-refractivity contribution < 1.29 is 13.7 Å². The van der Waals surface area contributed by atoms with Crippen molar-refractivity contribution in [1.82, 2.24) is 20.4 Å². The molecule has 1 aromatic carbocycles. The van der Waals surface area contributed by atoms with Crippen molar-refractivity contribution in [2.24, 2.45) is 0 Å². The number of hydrogen-bond donors (Lipinski definition) is 1. The molecule has 1 fully saturated rings. The van der Waals surface area contributed by atoms with Crippen LogP contribution in [0.5, 0.6) is 0 Å². The summed E-state index contributed by atoms with van der Waals surface area (Å²) in [6.45, 7) is 1.27. The minimum absolute atomic E-state index is 0.105. The van der Waals surface area contributed by atoms with Crippen molar-refractivity contribution in [2.45, 2.75) is 18.8 Å². The number of nitrogens with zero attached hydrogens (tertiary/aromatic N) is 3. The van der Waals surface area contributed by atoms with Gasteiger partial charge in [0.1, 0.15) is 5.82 Å². The minimum Gasteiger partial charge on any atom is -0.340 e. The van der Waals surface area contributed by atoms with E-state index in [1.54, 1.807) is 30.1 Å². The van der Waals surface area contributed by atoms with Gasteiger partial charge in [0, 0.05) is 31.6 Å². The highest BCUT2D eigenvalue weighted by Crippen LogP contribution is 2.43. The normalized spacial score (nSPS) is 13.9. The van der Waals surface area contributed by atoms with Gasteiger partial charge >= 0.3 is 0 Å². The molecule has 7 heteroatoms. The van der Waals surface area contributed by atoms with E-state index in [2.05, 4.69) is 15.5 Å². The zero-order chi connectivity index (χ0) is 19.0. The molecule has 0 radical (unpaired) electrons. The van der Waals surface area contributed by atoms with E-state index >= 15 is 0 Å². The fraction of sp³-hybridized carbons (Fsp3) is 0.350. The van der Waals surface area contributed by atoms with Gasteiger partial charge in [0.2, 0.25) is 0 Å². The maximum Gasteiger partial charge on any atom is 0.259 e. The maximum atomic E-state index is 13.3. The lowest BCUT2D eigenvalue weighted by Gasteiger charge is -2.18. The van der Waals surface area contributed by atoms with E-state index in [4.69, 9.17) is 4.52 Å². The first kappa shape index (κ1) is 17.6. The van der Waals surface area contributed by atoms with Crippen LogP contribution in [-0.4, -0.2) is 48.1 Å². The third kappa shape index (κ3) is 3.42. The average molecular weight is 368 g/mol. The van der Waals surface area contributed by atoms with Crippen LogP contribution >= 0.6 is 0 Å². The second-order valence-corrected chi connectivity index (χ2v) is 6.91. The third-order valence-corrected chi connectivity index (χ3v) is 4.85. The van der Waals surface area contributed by atoms with Gasteiger partial charge in [-0.05, 0) is 50.2 Å². The number of pyridine rings is 1. The van der Waals surface area contributed by atoms with Crippen LogP contribution in [0, 0.1) is 5.82 Å². The van der Waals surface area contributed by atoms with Crippen LogP contribution in [0.25, 0.3) is 22.4 Å². The highest BCUT2D eigenvalue weighted by Gasteiger charge is 2.32. The lowest BCUT2D eigenvalue weighted by atomic mass is 10.0. The molecule has 1 N–H and O–H groups in total. The van der Waals surface area contributed by atoms with Gasteiger partial charge in [0.25, 0.3) is 11.6 Å². The minimum atomic E-state index is -0.321. The number of fused-ring (bicyclic) bond motifs is 1. The van der Waals surface area contributed by atoms with Crippen molar-refractivity contribution in [3.63, 3.8) is 0 Å². The molecule has 1 saturated carbocycles. The first-order valence-electron chi connectivity index (χ1n) is 9.05. The summed E-state index contributed by atoms with van der Waals surface area (Å²) in [5.74, 6) is -0.0939. The first-order valence-corrected chi connectivity index (χ1v) is 9.05. The number of benzene rings is 1. The molecule has 1 amide bonds. The van der Waals surface area contributed by atoms with Crippen molar-refractivity contribution >= 4 is 17.0 Å². The summed E-state index contributed by atoms with van der Waals surface area (Å²) in [5, 5.41) is 7.94. The van der Waals surface area contributed by atoms with E-state index in [1.807, 2.05) is 7.05 Å². The number of carbonyl (C=O) groups is 1. The standard InChI is InChI=1S/C20H21FN4O2/c1-22-9-10-25(2)20(26)15-11-16(12-5-7-14(21)8-6-12)23-19-17(15)18(24-27-19)13-3-4-13/h5-8,11,13,22H,3-4,9-10H2,1-2H3. The van der Waals surface area contributed by atoms with Gasteiger partial charge in [0.15, 0.2) is 0 Å². The monoisotopic (exact) mass is 368 g/mol. The molecule has 0 saturated heterocycles. The van der Waals surface area contributed by atoms with Gasteiger partial charge in [0.05, 0.1) is 22.3 Å². The Balaban J connectivity index is 1.83. The Hall–Kier alpha value is -2.80. The number of carbonyl (C=O) groups excluding carboxylic acids is 1. The molecule has 2 aromatic heterocycles. The number of rotatable bonds is 6. The van der Waals surface area contributed by atoms with Crippen LogP contribution < -0.4 is 5.32 Å². The fourth-order valence-electron chi connectivity index (χ4n) is 3.13. The second kappa shape index (κ2) is 7.08. The van der Waals surface area contributed by atoms with Crippen LogP contribution in [0.15, 0.2) is 34.9 Å². The Kier molecular flexibility index (Phi) is 4.61. The van der Waals surface area contributed by atoms with E-state index in [0.29, 0.717) is 41.4 Å². The Morgan fingerprint density at radius 1 is 1.33 bits per heavy atom. The predicted octanol–water partition coefficient (Wildman–Crippen LogP) is 3.20. The van der Waals surface area contributed by atoms with E-state index < -0.39 is 0 Å². The van der Waals surface area contributed by atoms with E-state index in [9.17, 15) is 9.18 Å². The molecule has 0 atom stereocenters. The lowest BCUT2D eigenvalue weighted by molar-refractivity contribution is 0.0798. The number of aromatic nitrogens is 2. The molecule has 2 heterocycles. The molecular weight excluding hydrogens is 347 g/mol. The molecular formula is C20H21FN4O2. The number of nitrogens with one attached hydrogen (secondary N) is 1. The molecule has 27 heavy (non-hydrogen) atoms. The van der Waals surface area contributed by atoms with Gasteiger partial charge < -0.3 is 14.7 Å². The number of halogens is 1. The van der Waals surface area contributed by atoms with Gasteiger partial charge in [-0.15, -0.1) is 0 Å². The number of amides is 1. The zero-order valence-corrected chi connectivity index (χ0v) is 15.3. The quantitative estimate of drug-likeness (QED) is 0.723. The summed E-state index contributed by atoms with van der Waals surface area (Å²) in [7, 11) is 3.62. The predicted molar refractivity (Wildman–Crippen MR) is 100 cm³/mol.